The third-order valence-electron chi connectivity index (χ3n) is 3.79. The molecule has 0 amide bonds. The molecule has 2 N–H and O–H groups in total. The minimum atomic E-state index is -3.62. The summed E-state index contributed by atoms with van der Waals surface area (Å²) in [5.41, 5.74) is 2.77. The van der Waals surface area contributed by atoms with Gasteiger partial charge in [0.05, 0.1) is 5.02 Å². The summed E-state index contributed by atoms with van der Waals surface area (Å²) in [5, 5.41) is 1.35. The summed E-state index contributed by atoms with van der Waals surface area (Å²) in [4.78, 5) is 3.34. The molecule has 0 unspecified atom stereocenters. The van der Waals surface area contributed by atoms with E-state index in [0.717, 1.165) is 16.5 Å². The summed E-state index contributed by atoms with van der Waals surface area (Å²) >= 11 is 6.05. The van der Waals surface area contributed by atoms with E-state index >= 15 is 0 Å². The smallest absolute Gasteiger partial charge is 0.242 e. The van der Waals surface area contributed by atoms with Gasteiger partial charge >= 0.3 is 0 Å². The number of hydrogen-bond donors (Lipinski definition) is 2. The van der Waals surface area contributed by atoms with Gasteiger partial charge in [-0.05, 0) is 36.6 Å². The average Bonchev–Trinajstić information content (AvgIpc) is 2.90. The lowest BCUT2D eigenvalue weighted by atomic mass is 10.1. The van der Waals surface area contributed by atoms with Crippen LogP contribution in [0.4, 0.5) is 0 Å². The minimum absolute atomic E-state index is 0.153. The van der Waals surface area contributed by atoms with Gasteiger partial charge in [0, 0.05) is 23.6 Å². The van der Waals surface area contributed by atoms with Gasteiger partial charge in [-0.2, -0.15) is 0 Å². The van der Waals surface area contributed by atoms with Gasteiger partial charge in [0.25, 0.3) is 0 Å². The predicted molar refractivity (Wildman–Crippen MR) is 93.4 cm³/mol. The molecule has 0 aliphatic heterocycles. The van der Waals surface area contributed by atoms with Crippen molar-refractivity contribution in [2.45, 2.75) is 18.2 Å². The van der Waals surface area contributed by atoms with Crippen molar-refractivity contribution >= 4 is 32.5 Å². The van der Waals surface area contributed by atoms with Gasteiger partial charge in [-0.3, -0.25) is 0 Å². The number of H-pyrrole nitrogens is 1. The van der Waals surface area contributed by atoms with Crippen LogP contribution < -0.4 is 4.72 Å². The van der Waals surface area contributed by atoms with Crippen molar-refractivity contribution in [2.75, 3.05) is 6.54 Å². The number of para-hydroxylation sites is 1. The Kier molecular flexibility index (Phi) is 4.43. The van der Waals surface area contributed by atoms with E-state index in [9.17, 15) is 8.42 Å². The van der Waals surface area contributed by atoms with Gasteiger partial charge < -0.3 is 4.98 Å². The predicted octanol–water partition coefficient (Wildman–Crippen LogP) is 3.65. The quantitative estimate of drug-likeness (QED) is 0.739. The summed E-state index contributed by atoms with van der Waals surface area (Å²) in [6.45, 7) is 2.05. The molecular weight excluding hydrogens is 332 g/mol. The van der Waals surface area contributed by atoms with E-state index in [4.69, 9.17) is 11.6 Å². The maximum Gasteiger partial charge on any atom is 0.242 e. The molecule has 0 spiro atoms. The van der Waals surface area contributed by atoms with Gasteiger partial charge in [-0.15, -0.1) is 0 Å². The van der Waals surface area contributed by atoms with Gasteiger partial charge in [-0.1, -0.05) is 41.9 Å². The van der Waals surface area contributed by atoms with E-state index < -0.39 is 10.0 Å². The molecule has 23 heavy (non-hydrogen) atoms. The number of nitrogens with one attached hydrogen (secondary N) is 2. The molecule has 0 fully saturated rings. The molecule has 3 aromatic rings. The Morgan fingerprint density at radius 2 is 1.91 bits per heavy atom. The molecule has 0 aliphatic rings. The SMILES string of the molecule is Cc1cccc(Cl)c1S(=O)(=O)NCCc1c[nH]c2ccccc12. The lowest BCUT2D eigenvalue weighted by Crippen LogP contribution is -2.26. The topological polar surface area (TPSA) is 62.0 Å². The van der Waals surface area contributed by atoms with Crippen molar-refractivity contribution in [2.24, 2.45) is 0 Å². The molecule has 2 aromatic carbocycles. The Morgan fingerprint density at radius 1 is 1.13 bits per heavy atom. The highest BCUT2D eigenvalue weighted by Crippen LogP contribution is 2.24. The first-order valence-electron chi connectivity index (χ1n) is 7.29. The highest BCUT2D eigenvalue weighted by Gasteiger charge is 2.19. The summed E-state index contributed by atoms with van der Waals surface area (Å²) in [7, 11) is -3.62. The number of aromatic amines is 1. The molecule has 0 saturated heterocycles. The second-order valence-corrected chi connectivity index (χ2v) is 7.50. The third kappa shape index (κ3) is 3.27. The molecule has 1 aromatic heterocycles. The summed E-state index contributed by atoms with van der Waals surface area (Å²) < 4.78 is 27.6. The average molecular weight is 349 g/mol. The fourth-order valence-corrected chi connectivity index (χ4v) is 4.55. The molecule has 0 bridgehead atoms. The Labute approximate surface area is 140 Å². The molecule has 120 valence electrons. The molecule has 0 atom stereocenters. The van der Waals surface area contributed by atoms with E-state index in [-0.39, 0.29) is 9.92 Å². The van der Waals surface area contributed by atoms with Crippen molar-refractivity contribution in [1.29, 1.82) is 0 Å². The maximum absolute atomic E-state index is 12.5. The van der Waals surface area contributed by atoms with E-state index in [0.29, 0.717) is 18.5 Å². The van der Waals surface area contributed by atoms with Crippen molar-refractivity contribution < 1.29 is 8.42 Å². The Balaban J connectivity index is 1.75. The number of aromatic nitrogens is 1. The molecule has 0 saturated carbocycles. The first-order chi connectivity index (χ1) is 11.0. The number of benzene rings is 2. The Morgan fingerprint density at radius 3 is 2.70 bits per heavy atom. The molecular formula is C17H17ClN2O2S. The van der Waals surface area contributed by atoms with Crippen molar-refractivity contribution in [1.82, 2.24) is 9.71 Å². The Hall–Kier alpha value is -1.82. The van der Waals surface area contributed by atoms with Gasteiger partial charge in [0.2, 0.25) is 10.0 Å². The minimum Gasteiger partial charge on any atom is -0.361 e. The fraction of sp³-hybridized carbons (Fsp3) is 0.176. The summed E-state index contributed by atoms with van der Waals surface area (Å²) in [5.74, 6) is 0. The van der Waals surface area contributed by atoms with Crippen molar-refractivity contribution in [3.05, 3.63) is 64.8 Å². The third-order valence-corrected chi connectivity index (χ3v) is 5.88. The lowest BCUT2D eigenvalue weighted by molar-refractivity contribution is 0.581. The number of sulfonamides is 1. The number of aryl methyl sites for hydroxylation is 1. The largest absolute Gasteiger partial charge is 0.361 e. The highest BCUT2D eigenvalue weighted by molar-refractivity contribution is 7.89. The maximum atomic E-state index is 12.5. The van der Waals surface area contributed by atoms with Crippen LogP contribution in [0.25, 0.3) is 10.9 Å². The second kappa shape index (κ2) is 6.35. The fourth-order valence-electron chi connectivity index (χ4n) is 2.69. The summed E-state index contributed by atoms with van der Waals surface area (Å²) in [6, 6.07) is 13.0. The first kappa shape index (κ1) is 16.1. The zero-order chi connectivity index (χ0) is 16.4. The normalized spacial score (nSPS) is 11.9. The molecule has 6 heteroatoms. The van der Waals surface area contributed by atoms with Gasteiger partial charge in [0.1, 0.15) is 4.90 Å². The standard InChI is InChI=1S/C17H17ClN2O2S/c1-12-5-4-7-15(18)17(12)23(21,22)20-10-9-13-11-19-16-8-3-2-6-14(13)16/h2-8,11,19-20H,9-10H2,1H3. The van der Waals surface area contributed by atoms with Gasteiger partial charge in [-0.25, -0.2) is 13.1 Å². The zero-order valence-electron chi connectivity index (χ0n) is 12.6. The second-order valence-electron chi connectivity index (χ2n) is 5.39. The number of halogens is 1. The monoisotopic (exact) mass is 348 g/mol. The van der Waals surface area contributed by atoms with Crippen LogP contribution >= 0.6 is 11.6 Å². The molecule has 0 radical (unpaired) electrons. The van der Waals surface area contributed by atoms with Crippen molar-refractivity contribution in [3.63, 3.8) is 0 Å². The summed E-state index contributed by atoms with van der Waals surface area (Å²) in [6.07, 6.45) is 2.52. The van der Waals surface area contributed by atoms with Gasteiger partial charge in [0.15, 0.2) is 0 Å². The van der Waals surface area contributed by atoms with Crippen molar-refractivity contribution in [3.8, 4) is 0 Å². The molecule has 4 nitrogen and oxygen atoms in total. The number of rotatable bonds is 5. The van der Waals surface area contributed by atoms with Crippen LogP contribution in [0.1, 0.15) is 11.1 Å². The van der Waals surface area contributed by atoms with Crippen LogP contribution in [-0.4, -0.2) is 19.9 Å². The van der Waals surface area contributed by atoms with Crippen LogP contribution in [0.5, 0.6) is 0 Å². The molecule has 3 rings (SSSR count). The van der Waals surface area contributed by atoms with Crippen LogP contribution in [0.3, 0.4) is 0 Å². The molecule has 0 aliphatic carbocycles. The highest BCUT2D eigenvalue weighted by atomic mass is 35.5. The van der Waals surface area contributed by atoms with E-state index in [1.165, 1.54) is 0 Å². The number of fused-ring (bicyclic) bond motifs is 1. The van der Waals surface area contributed by atoms with E-state index in [2.05, 4.69) is 9.71 Å². The van der Waals surface area contributed by atoms with Crippen LogP contribution in [-0.2, 0) is 16.4 Å². The van der Waals surface area contributed by atoms with E-state index in [1.54, 1.807) is 25.1 Å². The van der Waals surface area contributed by atoms with Crippen LogP contribution in [0, 0.1) is 6.92 Å². The van der Waals surface area contributed by atoms with E-state index in [1.807, 2.05) is 30.5 Å². The lowest BCUT2D eigenvalue weighted by Gasteiger charge is -2.10. The van der Waals surface area contributed by atoms with Crippen LogP contribution in [0.15, 0.2) is 53.6 Å². The first-order valence-corrected chi connectivity index (χ1v) is 9.15. The Bertz CT molecular complexity index is 928. The zero-order valence-corrected chi connectivity index (χ0v) is 14.2. The molecule has 1 heterocycles. The number of hydrogen-bond acceptors (Lipinski definition) is 2. The van der Waals surface area contributed by atoms with Crippen LogP contribution in [0.2, 0.25) is 5.02 Å².